The van der Waals surface area contributed by atoms with Gasteiger partial charge in [-0.1, -0.05) is 30.3 Å². The largest absolute Gasteiger partial charge is 0.381 e. The molecule has 3 heteroatoms. The van der Waals surface area contributed by atoms with E-state index in [9.17, 15) is 9.90 Å². The van der Waals surface area contributed by atoms with E-state index in [2.05, 4.69) is 14.1 Å². The molecule has 0 atom stereocenters. The summed E-state index contributed by atoms with van der Waals surface area (Å²) in [5.41, 5.74) is -0.544. The number of aliphatic hydroxyl groups is 1. The Morgan fingerprint density at radius 2 is 1.71 bits per heavy atom. The molecule has 3 nitrogen and oxygen atoms in total. The lowest BCUT2D eigenvalue weighted by molar-refractivity contribution is -0.896. The molecular weight excluding hydrogens is 214 g/mol. The van der Waals surface area contributed by atoms with Crippen LogP contribution in [0.1, 0.15) is 23.2 Å². The molecule has 0 unspecified atom stereocenters. The maximum absolute atomic E-state index is 12.3. The van der Waals surface area contributed by atoms with Crippen molar-refractivity contribution in [2.24, 2.45) is 0 Å². The van der Waals surface area contributed by atoms with Gasteiger partial charge in [0.1, 0.15) is 5.60 Å². The number of quaternary nitrogens is 1. The van der Waals surface area contributed by atoms with Crippen molar-refractivity contribution in [1.29, 1.82) is 0 Å². The third-order valence-corrected chi connectivity index (χ3v) is 3.72. The van der Waals surface area contributed by atoms with Gasteiger partial charge in [-0.15, -0.1) is 0 Å². The van der Waals surface area contributed by atoms with Gasteiger partial charge in [0.05, 0.1) is 27.2 Å². The zero-order valence-corrected chi connectivity index (χ0v) is 10.5. The van der Waals surface area contributed by atoms with Crippen LogP contribution >= 0.6 is 0 Å². The third kappa shape index (κ3) is 2.56. The smallest absolute Gasteiger partial charge is 0.194 e. The minimum Gasteiger partial charge on any atom is -0.381 e. The zero-order chi connectivity index (χ0) is 12.5. The second-order valence-corrected chi connectivity index (χ2v) is 5.61. The fourth-order valence-corrected chi connectivity index (χ4v) is 2.30. The fourth-order valence-electron chi connectivity index (χ4n) is 2.30. The molecule has 0 radical (unpaired) electrons. The second-order valence-electron chi connectivity index (χ2n) is 5.61. The highest BCUT2D eigenvalue weighted by Gasteiger charge is 2.43. The Labute approximate surface area is 102 Å². The summed E-state index contributed by atoms with van der Waals surface area (Å²) in [6.45, 7) is 1.68. The number of likely N-dealkylation sites (tertiary alicyclic amines) is 1. The molecule has 0 amide bonds. The van der Waals surface area contributed by atoms with Gasteiger partial charge in [-0.2, -0.15) is 0 Å². The van der Waals surface area contributed by atoms with Crippen molar-refractivity contribution in [2.45, 2.75) is 18.4 Å². The maximum Gasteiger partial charge on any atom is 0.194 e. The Balaban J connectivity index is 2.15. The number of rotatable bonds is 2. The number of nitrogens with zero attached hydrogens (tertiary/aromatic N) is 1. The minimum atomic E-state index is -1.16. The summed E-state index contributed by atoms with van der Waals surface area (Å²) in [7, 11) is 4.26. The van der Waals surface area contributed by atoms with Gasteiger partial charge in [-0.3, -0.25) is 4.79 Å². The summed E-state index contributed by atoms with van der Waals surface area (Å²) in [5, 5.41) is 10.5. The fraction of sp³-hybridized carbons (Fsp3) is 0.500. The van der Waals surface area contributed by atoms with Crippen molar-refractivity contribution in [1.82, 2.24) is 0 Å². The normalized spacial score (nSPS) is 22.1. The van der Waals surface area contributed by atoms with Crippen LogP contribution in [0.3, 0.4) is 0 Å². The monoisotopic (exact) mass is 234 g/mol. The summed E-state index contributed by atoms with van der Waals surface area (Å²) in [4.78, 5) is 12.3. The van der Waals surface area contributed by atoms with Crippen LogP contribution in [0.15, 0.2) is 30.3 Å². The van der Waals surface area contributed by atoms with Crippen molar-refractivity contribution in [3.63, 3.8) is 0 Å². The van der Waals surface area contributed by atoms with E-state index in [1.54, 1.807) is 12.1 Å². The lowest BCUT2D eigenvalue weighted by Gasteiger charge is -2.40. The van der Waals surface area contributed by atoms with Crippen molar-refractivity contribution in [2.75, 3.05) is 27.2 Å². The molecule has 92 valence electrons. The molecule has 1 saturated heterocycles. The molecule has 1 aliphatic rings. The van der Waals surface area contributed by atoms with Gasteiger partial charge in [0.15, 0.2) is 5.78 Å². The summed E-state index contributed by atoms with van der Waals surface area (Å²) in [5.74, 6) is -0.127. The molecule has 0 bridgehead atoms. The average Bonchev–Trinajstić information content (AvgIpc) is 2.34. The number of hydrogen-bond acceptors (Lipinski definition) is 2. The maximum atomic E-state index is 12.3. The van der Waals surface area contributed by atoms with Crippen LogP contribution < -0.4 is 0 Å². The van der Waals surface area contributed by atoms with Crippen LogP contribution in [0.4, 0.5) is 0 Å². The van der Waals surface area contributed by atoms with E-state index in [-0.39, 0.29) is 5.78 Å². The SMILES string of the molecule is C[N+]1(C)CCC(O)(C(=O)c2ccccc2)CC1. The van der Waals surface area contributed by atoms with Crippen LogP contribution in [0.5, 0.6) is 0 Å². The van der Waals surface area contributed by atoms with E-state index >= 15 is 0 Å². The lowest BCUT2D eigenvalue weighted by Crippen LogP contribution is -2.55. The molecule has 2 rings (SSSR count). The molecule has 0 spiro atoms. The van der Waals surface area contributed by atoms with Crippen LogP contribution in [0.2, 0.25) is 0 Å². The Morgan fingerprint density at radius 3 is 2.24 bits per heavy atom. The highest BCUT2D eigenvalue weighted by atomic mass is 16.3. The third-order valence-electron chi connectivity index (χ3n) is 3.72. The highest BCUT2D eigenvalue weighted by Crippen LogP contribution is 2.28. The number of hydrogen-bond donors (Lipinski definition) is 1. The topological polar surface area (TPSA) is 37.3 Å². The second kappa shape index (κ2) is 4.24. The van der Waals surface area contributed by atoms with E-state index in [1.165, 1.54) is 0 Å². The van der Waals surface area contributed by atoms with Crippen LogP contribution in [0.25, 0.3) is 0 Å². The molecular formula is C14H20NO2+. The van der Waals surface area contributed by atoms with E-state index in [0.29, 0.717) is 18.4 Å². The van der Waals surface area contributed by atoms with E-state index in [0.717, 1.165) is 17.6 Å². The van der Waals surface area contributed by atoms with E-state index in [1.807, 2.05) is 18.2 Å². The van der Waals surface area contributed by atoms with Gasteiger partial charge in [0.25, 0.3) is 0 Å². The first-order chi connectivity index (χ1) is 7.93. The Morgan fingerprint density at radius 1 is 1.18 bits per heavy atom. The van der Waals surface area contributed by atoms with Gasteiger partial charge in [-0.05, 0) is 0 Å². The molecule has 0 saturated carbocycles. The average molecular weight is 234 g/mol. The number of benzene rings is 1. The quantitative estimate of drug-likeness (QED) is 0.621. The van der Waals surface area contributed by atoms with Gasteiger partial charge in [0, 0.05) is 18.4 Å². The van der Waals surface area contributed by atoms with E-state index in [4.69, 9.17) is 0 Å². The van der Waals surface area contributed by atoms with E-state index < -0.39 is 5.60 Å². The standard InChI is InChI=1S/C14H20NO2/c1-15(2)10-8-14(17,9-11-15)13(16)12-6-4-3-5-7-12/h3-7,17H,8-11H2,1-2H3/q+1. The number of carbonyl (C=O) groups is 1. The number of Topliss-reactive ketones (excluding diaryl/α,β-unsaturated/α-hetero) is 1. The summed E-state index contributed by atoms with van der Waals surface area (Å²) >= 11 is 0. The number of carbonyl (C=O) groups excluding carboxylic acids is 1. The summed E-state index contributed by atoms with van der Waals surface area (Å²) < 4.78 is 0.879. The van der Waals surface area contributed by atoms with Crippen molar-refractivity contribution >= 4 is 5.78 Å². The minimum absolute atomic E-state index is 0.127. The molecule has 1 fully saturated rings. The van der Waals surface area contributed by atoms with Gasteiger partial charge in [0.2, 0.25) is 0 Å². The predicted octanol–water partition coefficient (Wildman–Crippen LogP) is 1.47. The molecule has 1 heterocycles. The Bertz CT molecular complexity index is 401. The predicted molar refractivity (Wildman–Crippen MR) is 66.8 cm³/mol. The van der Waals surface area contributed by atoms with Crippen molar-refractivity contribution in [3.8, 4) is 0 Å². The highest BCUT2D eigenvalue weighted by molar-refractivity contribution is 6.02. The number of ketones is 1. The lowest BCUT2D eigenvalue weighted by atomic mass is 9.83. The van der Waals surface area contributed by atoms with Crippen LogP contribution in [-0.4, -0.2) is 48.2 Å². The molecule has 1 N–H and O–H groups in total. The Hall–Kier alpha value is -1.19. The molecule has 0 aliphatic carbocycles. The van der Waals surface area contributed by atoms with Crippen LogP contribution in [0, 0.1) is 0 Å². The Kier molecular flexibility index (Phi) is 3.06. The summed E-state index contributed by atoms with van der Waals surface area (Å²) in [6, 6.07) is 9.09. The van der Waals surface area contributed by atoms with Gasteiger partial charge >= 0.3 is 0 Å². The molecule has 1 aromatic carbocycles. The van der Waals surface area contributed by atoms with Crippen molar-refractivity contribution < 1.29 is 14.4 Å². The molecule has 1 aliphatic heterocycles. The first-order valence-electron chi connectivity index (χ1n) is 6.07. The first-order valence-corrected chi connectivity index (χ1v) is 6.07. The number of piperidine rings is 1. The van der Waals surface area contributed by atoms with Gasteiger partial charge < -0.3 is 9.59 Å². The van der Waals surface area contributed by atoms with Crippen molar-refractivity contribution in [3.05, 3.63) is 35.9 Å². The molecule has 1 aromatic rings. The van der Waals surface area contributed by atoms with Gasteiger partial charge in [-0.25, -0.2) is 0 Å². The summed E-state index contributed by atoms with van der Waals surface area (Å²) in [6.07, 6.45) is 1.10. The molecule has 17 heavy (non-hydrogen) atoms. The zero-order valence-electron chi connectivity index (χ0n) is 10.5. The molecule has 0 aromatic heterocycles. The van der Waals surface area contributed by atoms with Crippen LogP contribution in [-0.2, 0) is 0 Å². The first kappa shape index (κ1) is 12.3.